The van der Waals surface area contributed by atoms with Gasteiger partial charge in [0, 0.05) is 5.56 Å². The number of carbonyl (C=O) groups is 2. The molecule has 0 bridgehead atoms. The van der Waals surface area contributed by atoms with Crippen LogP contribution in [0.5, 0.6) is 0 Å². The van der Waals surface area contributed by atoms with Crippen LogP contribution in [0.2, 0.25) is 0 Å². The van der Waals surface area contributed by atoms with Crippen LogP contribution in [0.15, 0.2) is 42.5 Å². The second-order valence-electron chi connectivity index (χ2n) is 9.51. The van der Waals surface area contributed by atoms with Crippen molar-refractivity contribution in [1.82, 2.24) is 10.3 Å². The first-order chi connectivity index (χ1) is 14.6. The van der Waals surface area contributed by atoms with Crippen molar-refractivity contribution in [3.05, 3.63) is 64.2 Å². The van der Waals surface area contributed by atoms with E-state index in [1.165, 1.54) is 5.56 Å². The SMILES string of the molecule is C[N+](C)(C)Cc1ccc2sc(CNC(=O)C3(CC(=O)O)Cc4ccccc4C3)nc2c1. The van der Waals surface area contributed by atoms with Crippen molar-refractivity contribution in [2.45, 2.75) is 32.4 Å². The smallest absolute Gasteiger partial charge is 0.304 e. The van der Waals surface area contributed by atoms with Crippen molar-refractivity contribution in [2.24, 2.45) is 5.41 Å². The Balaban J connectivity index is 1.49. The number of hydrogen-bond donors (Lipinski definition) is 2. The molecule has 0 saturated carbocycles. The van der Waals surface area contributed by atoms with Gasteiger partial charge in [-0.05, 0) is 36.1 Å². The summed E-state index contributed by atoms with van der Waals surface area (Å²) in [5.41, 5.74) is 3.34. The highest BCUT2D eigenvalue weighted by molar-refractivity contribution is 7.18. The first-order valence-electron chi connectivity index (χ1n) is 10.4. The molecule has 2 N–H and O–H groups in total. The molecule has 1 aliphatic rings. The fourth-order valence-electron chi connectivity index (χ4n) is 4.44. The van der Waals surface area contributed by atoms with E-state index in [-0.39, 0.29) is 12.3 Å². The standard InChI is InChI=1S/C24H27N3O3S/c1-27(2,3)15-16-8-9-20-19(10-16)26-21(31-20)14-25-23(30)24(13-22(28)29)11-17-6-4-5-7-18(17)12-24/h4-10H,11-15H2,1-3H3,(H-,25,28,29,30)/p+1. The van der Waals surface area contributed by atoms with Gasteiger partial charge in [0.25, 0.3) is 0 Å². The minimum Gasteiger partial charge on any atom is -0.481 e. The Hall–Kier alpha value is -2.77. The quantitative estimate of drug-likeness (QED) is 0.555. The fourth-order valence-corrected chi connectivity index (χ4v) is 5.32. The highest BCUT2D eigenvalue weighted by atomic mass is 32.1. The van der Waals surface area contributed by atoms with Gasteiger partial charge in [-0.2, -0.15) is 0 Å². The largest absolute Gasteiger partial charge is 0.481 e. The predicted molar refractivity (Wildman–Crippen MR) is 122 cm³/mol. The maximum Gasteiger partial charge on any atom is 0.304 e. The fraction of sp³-hybridized carbons (Fsp3) is 0.375. The first kappa shape index (κ1) is 21.5. The highest BCUT2D eigenvalue weighted by Gasteiger charge is 2.45. The number of aliphatic carboxylic acids is 1. The predicted octanol–water partition coefficient (Wildman–Crippen LogP) is 3.38. The van der Waals surface area contributed by atoms with Crippen molar-refractivity contribution in [1.29, 1.82) is 0 Å². The van der Waals surface area contributed by atoms with Crippen LogP contribution in [0.3, 0.4) is 0 Å². The van der Waals surface area contributed by atoms with Crippen LogP contribution in [-0.4, -0.2) is 47.6 Å². The van der Waals surface area contributed by atoms with Gasteiger partial charge in [0.2, 0.25) is 5.91 Å². The summed E-state index contributed by atoms with van der Waals surface area (Å²) in [7, 11) is 6.46. The Labute approximate surface area is 186 Å². The average Bonchev–Trinajstić information content (AvgIpc) is 3.24. The van der Waals surface area contributed by atoms with E-state index in [1.807, 2.05) is 24.3 Å². The molecule has 6 nitrogen and oxygen atoms in total. The zero-order valence-electron chi connectivity index (χ0n) is 18.1. The average molecular weight is 439 g/mol. The molecule has 7 heteroatoms. The molecule has 0 atom stereocenters. The number of nitrogens with one attached hydrogen (secondary N) is 1. The molecule has 0 aliphatic heterocycles. The summed E-state index contributed by atoms with van der Waals surface area (Å²) in [6, 6.07) is 14.2. The van der Waals surface area contributed by atoms with E-state index in [1.54, 1.807) is 11.3 Å². The third kappa shape index (κ3) is 4.78. The van der Waals surface area contributed by atoms with Crippen molar-refractivity contribution >= 4 is 33.4 Å². The summed E-state index contributed by atoms with van der Waals surface area (Å²) >= 11 is 1.56. The molecular formula is C24H28N3O3S+. The lowest BCUT2D eigenvalue weighted by molar-refractivity contribution is -0.883. The maximum absolute atomic E-state index is 13.2. The number of aromatic nitrogens is 1. The Morgan fingerprint density at radius 3 is 2.42 bits per heavy atom. The summed E-state index contributed by atoms with van der Waals surface area (Å²) in [4.78, 5) is 29.4. The molecule has 1 amide bonds. The van der Waals surface area contributed by atoms with Gasteiger partial charge in [-0.25, -0.2) is 4.98 Å². The van der Waals surface area contributed by atoms with Crippen LogP contribution in [0, 0.1) is 5.41 Å². The van der Waals surface area contributed by atoms with Gasteiger partial charge < -0.3 is 14.9 Å². The van der Waals surface area contributed by atoms with Crippen LogP contribution in [-0.2, 0) is 35.5 Å². The summed E-state index contributed by atoms with van der Waals surface area (Å²) in [5, 5.41) is 13.3. The van der Waals surface area contributed by atoms with Crippen LogP contribution < -0.4 is 5.32 Å². The summed E-state index contributed by atoms with van der Waals surface area (Å²) in [5.74, 6) is -1.16. The number of amides is 1. The molecular weight excluding hydrogens is 410 g/mol. The van der Waals surface area contributed by atoms with Gasteiger partial charge in [-0.3, -0.25) is 9.59 Å². The third-order valence-electron chi connectivity index (χ3n) is 5.70. The molecule has 2 aromatic carbocycles. The molecule has 0 unspecified atom stereocenters. The van der Waals surface area contributed by atoms with Crippen molar-refractivity contribution in [2.75, 3.05) is 21.1 Å². The molecule has 0 saturated heterocycles. The molecule has 4 rings (SSSR count). The van der Waals surface area contributed by atoms with Gasteiger partial charge in [0.1, 0.15) is 11.6 Å². The topological polar surface area (TPSA) is 79.3 Å². The van der Waals surface area contributed by atoms with Gasteiger partial charge in [0.15, 0.2) is 0 Å². The molecule has 0 radical (unpaired) electrons. The first-order valence-corrected chi connectivity index (χ1v) is 11.2. The van der Waals surface area contributed by atoms with E-state index < -0.39 is 11.4 Å². The second kappa shape index (κ2) is 8.05. The second-order valence-corrected chi connectivity index (χ2v) is 10.6. The van der Waals surface area contributed by atoms with E-state index in [2.05, 4.69) is 44.7 Å². The number of carboxylic acid groups (broad SMARTS) is 1. The summed E-state index contributed by atoms with van der Waals surface area (Å²) in [6.07, 6.45) is 0.729. The van der Waals surface area contributed by atoms with E-state index >= 15 is 0 Å². The summed E-state index contributed by atoms with van der Waals surface area (Å²) < 4.78 is 1.93. The third-order valence-corrected chi connectivity index (χ3v) is 6.74. The molecule has 0 fully saturated rings. The number of quaternary nitrogens is 1. The zero-order chi connectivity index (χ0) is 22.2. The lowest BCUT2D eigenvalue weighted by Crippen LogP contribution is -2.43. The lowest BCUT2D eigenvalue weighted by Gasteiger charge is -2.25. The number of benzene rings is 2. The van der Waals surface area contributed by atoms with Gasteiger partial charge >= 0.3 is 5.97 Å². The van der Waals surface area contributed by atoms with Gasteiger partial charge in [0.05, 0.1) is 49.7 Å². The van der Waals surface area contributed by atoms with Crippen LogP contribution >= 0.6 is 11.3 Å². The molecule has 0 spiro atoms. The normalized spacial score (nSPS) is 15.1. The lowest BCUT2D eigenvalue weighted by atomic mass is 9.80. The number of fused-ring (bicyclic) bond motifs is 2. The Bertz CT molecular complexity index is 1120. The monoisotopic (exact) mass is 438 g/mol. The Morgan fingerprint density at radius 1 is 1.13 bits per heavy atom. The number of thiazole rings is 1. The molecule has 1 aliphatic carbocycles. The molecule has 3 aromatic rings. The Morgan fingerprint density at radius 2 is 1.81 bits per heavy atom. The number of rotatable bonds is 7. The van der Waals surface area contributed by atoms with Crippen molar-refractivity contribution in [3.8, 4) is 0 Å². The van der Waals surface area contributed by atoms with Gasteiger partial charge in [-0.1, -0.05) is 30.3 Å². The van der Waals surface area contributed by atoms with E-state index in [0.29, 0.717) is 19.4 Å². The van der Waals surface area contributed by atoms with Crippen LogP contribution in [0.25, 0.3) is 10.2 Å². The number of nitrogens with zero attached hydrogens (tertiary/aromatic N) is 2. The molecule has 1 aromatic heterocycles. The van der Waals surface area contributed by atoms with E-state index in [9.17, 15) is 14.7 Å². The van der Waals surface area contributed by atoms with Crippen molar-refractivity contribution in [3.63, 3.8) is 0 Å². The van der Waals surface area contributed by atoms with Crippen LogP contribution in [0.4, 0.5) is 0 Å². The minimum atomic E-state index is -0.951. The van der Waals surface area contributed by atoms with E-state index in [4.69, 9.17) is 4.98 Å². The molecule has 162 valence electrons. The minimum absolute atomic E-state index is 0.179. The Kier molecular flexibility index (Phi) is 5.58. The van der Waals surface area contributed by atoms with E-state index in [0.717, 1.165) is 37.4 Å². The zero-order valence-corrected chi connectivity index (χ0v) is 19.0. The van der Waals surface area contributed by atoms with Crippen molar-refractivity contribution < 1.29 is 19.2 Å². The summed E-state index contributed by atoms with van der Waals surface area (Å²) in [6.45, 7) is 1.22. The number of hydrogen-bond acceptors (Lipinski definition) is 4. The molecule has 31 heavy (non-hydrogen) atoms. The van der Waals surface area contributed by atoms with Gasteiger partial charge in [-0.15, -0.1) is 11.3 Å². The van der Waals surface area contributed by atoms with Crippen LogP contribution in [0.1, 0.15) is 28.1 Å². The number of carbonyl (C=O) groups excluding carboxylic acids is 1. The number of carboxylic acids is 1. The molecule has 1 heterocycles. The highest BCUT2D eigenvalue weighted by Crippen LogP contribution is 2.40. The maximum atomic E-state index is 13.2.